The second-order valence-corrected chi connectivity index (χ2v) is 13.8. The van der Waals surface area contributed by atoms with Crippen LogP contribution in [0.25, 0.3) is 10.9 Å². The predicted octanol–water partition coefficient (Wildman–Crippen LogP) is 6.68. The third kappa shape index (κ3) is 7.44. The monoisotopic (exact) mass is 624 g/mol. The zero-order valence-electron chi connectivity index (χ0n) is 24.0. The van der Waals surface area contributed by atoms with E-state index in [4.69, 9.17) is 21.1 Å². The molecule has 0 bridgehead atoms. The van der Waals surface area contributed by atoms with Crippen LogP contribution in [0, 0.1) is 5.82 Å². The number of fused-ring (bicyclic) bond motifs is 1. The summed E-state index contributed by atoms with van der Waals surface area (Å²) in [6.45, 7) is 4.57. The van der Waals surface area contributed by atoms with Crippen molar-refractivity contribution in [1.29, 1.82) is 0 Å². The molecule has 2 heterocycles. The highest BCUT2D eigenvalue weighted by Gasteiger charge is 2.35. The molecular weight excluding hydrogens is 591 g/mol. The fourth-order valence-electron chi connectivity index (χ4n) is 4.88. The first-order valence-corrected chi connectivity index (χ1v) is 16.2. The van der Waals surface area contributed by atoms with Gasteiger partial charge >= 0.3 is 0 Å². The van der Waals surface area contributed by atoms with Gasteiger partial charge in [-0.1, -0.05) is 29.8 Å². The number of sulfone groups is 1. The molecule has 0 fully saturated rings. The molecule has 0 radical (unpaired) electrons. The third-order valence-electron chi connectivity index (χ3n) is 7.46. The number of benzene rings is 3. The Morgan fingerprint density at radius 2 is 1.95 bits per heavy atom. The van der Waals surface area contributed by atoms with E-state index < -0.39 is 15.4 Å². The van der Waals surface area contributed by atoms with Gasteiger partial charge in [-0.3, -0.25) is 0 Å². The van der Waals surface area contributed by atoms with Gasteiger partial charge in [0.1, 0.15) is 35.9 Å². The first kappa shape index (κ1) is 30.7. The Labute approximate surface area is 256 Å². The van der Waals surface area contributed by atoms with Crippen molar-refractivity contribution in [1.82, 2.24) is 15.3 Å². The number of nitrogens with one attached hydrogen (secondary N) is 2. The molecule has 0 spiro atoms. The van der Waals surface area contributed by atoms with Crippen LogP contribution in [0.2, 0.25) is 5.02 Å². The van der Waals surface area contributed by atoms with Crippen LogP contribution in [0.4, 0.5) is 15.9 Å². The molecule has 1 aliphatic rings. The molecule has 3 aromatic carbocycles. The quantitative estimate of drug-likeness (QED) is 0.159. The van der Waals surface area contributed by atoms with Gasteiger partial charge in [-0.05, 0) is 80.1 Å². The maximum absolute atomic E-state index is 13.5. The van der Waals surface area contributed by atoms with E-state index in [0.717, 1.165) is 16.5 Å². The van der Waals surface area contributed by atoms with E-state index in [-0.39, 0.29) is 23.4 Å². The average molecular weight is 625 g/mol. The van der Waals surface area contributed by atoms with Gasteiger partial charge in [0, 0.05) is 30.5 Å². The highest BCUT2D eigenvalue weighted by atomic mass is 35.5. The zero-order chi connectivity index (χ0) is 30.5. The van der Waals surface area contributed by atoms with Gasteiger partial charge in [0.15, 0.2) is 9.84 Å². The molecule has 43 heavy (non-hydrogen) atoms. The smallest absolute Gasteiger partial charge is 0.153 e. The highest BCUT2D eigenvalue weighted by Crippen LogP contribution is 2.40. The van der Waals surface area contributed by atoms with Crippen LogP contribution >= 0.6 is 11.6 Å². The topological polar surface area (TPSA) is 102 Å². The van der Waals surface area contributed by atoms with E-state index in [1.807, 2.05) is 30.3 Å². The van der Waals surface area contributed by atoms with Gasteiger partial charge in [-0.25, -0.2) is 22.8 Å². The summed E-state index contributed by atoms with van der Waals surface area (Å²) in [7, 11) is -3.10. The number of hydrogen-bond donors (Lipinski definition) is 2. The number of halogens is 2. The Morgan fingerprint density at radius 1 is 1.09 bits per heavy atom. The minimum absolute atomic E-state index is 0.100. The summed E-state index contributed by atoms with van der Waals surface area (Å²) in [4.78, 5) is 8.93. The van der Waals surface area contributed by atoms with Crippen molar-refractivity contribution in [2.75, 3.05) is 24.2 Å². The molecule has 2 N–H and O–H groups in total. The van der Waals surface area contributed by atoms with Gasteiger partial charge < -0.3 is 20.1 Å². The number of rotatable bonds is 13. The number of nitrogens with zero attached hydrogens (tertiary/aromatic N) is 2. The number of anilines is 2. The molecule has 1 aromatic heterocycles. The number of aromatic nitrogens is 2. The Bertz CT molecular complexity index is 1720. The second-order valence-electron chi connectivity index (χ2n) is 10.7. The lowest BCUT2D eigenvalue weighted by atomic mass is 9.87. The van der Waals surface area contributed by atoms with Crippen molar-refractivity contribution in [3.8, 4) is 5.75 Å². The lowest BCUT2D eigenvalue weighted by molar-refractivity contribution is 0.0329. The lowest BCUT2D eigenvalue weighted by Gasteiger charge is -2.30. The molecule has 0 amide bonds. The van der Waals surface area contributed by atoms with E-state index in [1.54, 1.807) is 44.4 Å². The van der Waals surface area contributed by atoms with Gasteiger partial charge in [0.25, 0.3) is 0 Å². The Kier molecular flexibility index (Phi) is 9.49. The number of ether oxygens (including phenoxy) is 2. The summed E-state index contributed by atoms with van der Waals surface area (Å²) in [5.74, 6) is 0.868. The maximum Gasteiger partial charge on any atom is 0.153 e. The van der Waals surface area contributed by atoms with Crippen molar-refractivity contribution in [3.05, 3.63) is 101 Å². The van der Waals surface area contributed by atoms with Crippen LogP contribution in [0.15, 0.2) is 79.3 Å². The molecule has 0 saturated carbocycles. The van der Waals surface area contributed by atoms with Crippen LogP contribution in [-0.2, 0) is 26.8 Å². The van der Waals surface area contributed by atoms with Crippen LogP contribution in [-0.4, -0.2) is 42.5 Å². The normalized spacial score (nSPS) is 16.5. The summed E-state index contributed by atoms with van der Waals surface area (Å²) < 4.78 is 49.7. The average Bonchev–Trinajstić information content (AvgIpc) is 3.46. The van der Waals surface area contributed by atoms with Crippen molar-refractivity contribution >= 4 is 43.8 Å². The summed E-state index contributed by atoms with van der Waals surface area (Å²) in [5.41, 5.74) is 2.56. The largest absolute Gasteiger partial charge is 0.490 e. The Morgan fingerprint density at radius 3 is 2.70 bits per heavy atom. The third-order valence-corrected chi connectivity index (χ3v) is 9.97. The van der Waals surface area contributed by atoms with Crippen molar-refractivity contribution in [3.63, 3.8) is 0 Å². The lowest BCUT2D eigenvalue weighted by Crippen LogP contribution is -2.33. The molecule has 0 saturated heterocycles. The minimum atomic E-state index is -3.10. The van der Waals surface area contributed by atoms with Crippen molar-refractivity contribution in [2.45, 2.75) is 44.1 Å². The second kappa shape index (κ2) is 13.3. The predicted molar refractivity (Wildman–Crippen MR) is 168 cm³/mol. The van der Waals surface area contributed by atoms with Gasteiger partial charge in [0.2, 0.25) is 0 Å². The van der Waals surface area contributed by atoms with Gasteiger partial charge in [-0.15, -0.1) is 0 Å². The van der Waals surface area contributed by atoms with Crippen LogP contribution in [0.1, 0.15) is 37.8 Å². The van der Waals surface area contributed by atoms with E-state index in [1.165, 1.54) is 18.5 Å². The first-order chi connectivity index (χ1) is 20.6. The van der Waals surface area contributed by atoms with Gasteiger partial charge in [0.05, 0.1) is 27.8 Å². The first-order valence-electron chi connectivity index (χ1n) is 14.1. The molecule has 0 aliphatic carbocycles. The molecule has 1 unspecified atom stereocenters. The number of hydrogen-bond acceptors (Lipinski definition) is 8. The fourth-order valence-corrected chi connectivity index (χ4v) is 6.02. The van der Waals surface area contributed by atoms with Crippen molar-refractivity contribution in [2.24, 2.45) is 0 Å². The summed E-state index contributed by atoms with van der Waals surface area (Å²) >= 11 is 6.52. The molecule has 8 nitrogen and oxygen atoms in total. The maximum atomic E-state index is 13.5. The van der Waals surface area contributed by atoms with Crippen molar-refractivity contribution < 1.29 is 22.3 Å². The summed E-state index contributed by atoms with van der Waals surface area (Å²) in [6, 6.07) is 17.6. The standard InChI is InChI=1S/C32H34ClFN4O4S/c1-22(2)43(39,40)16-14-35-13-12-32(11-4-15-42-32)24-7-9-29-27(18-24)31(37-21-36-29)38-26-8-10-30(28(33)19-26)41-20-23-5-3-6-25(34)17-23/h3-10,15,17-19,21-22,35H,11-14,16,20H2,1-2H3,(H,36,37,38). The SMILES string of the molecule is CC(C)S(=O)(=O)CCNCCC1(c2ccc3ncnc(Nc4ccc(OCc5cccc(F)c5)c(Cl)c4)c3c2)CC=CO1. The molecule has 4 aromatic rings. The molecule has 5 rings (SSSR count). The molecule has 1 atom stereocenters. The highest BCUT2D eigenvalue weighted by molar-refractivity contribution is 7.92. The fraction of sp³-hybridized carbons (Fsp3) is 0.312. The molecule has 11 heteroatoms. The van der Waals surface area contributed by atoms with E-state index in [9.17, 15) is 12.8 Å². The minimum Gasteiger partial charge on any atom is -0.490 e. The molecule has 226 valence electrons. The van der Waals surface area contributed by atoms with E-state index >= 15 is 0 Å². The van der Waals surface area contributed by atoms with E-state index in [2.05, 4.69) is 20.6 Å². The van der Waals surface area contributed by atoms with E-state index in [0.29, 0.717) is 53.8 Å². The van der Waals surface area contributed by atoms with Crippen LogP contribution < -0.4 is 15.4 Å². The molecule has 1 aliphatic heterocycles. The molecular formula is C32H34ClFN4O4S. The zero-order valence-corrected chi connectivity index (χ0v) is 25.6. The van der Waals surface area contributed by atoms with Crippen LogP contribution in [0.5, 0.6) is 5.75 Å². The van der Waals surface area contributed by atoms with Crippen LogP contribution in [0.3, 0.4) is 0 Å². The summed E-state index contributed by atoms with van der Waals surface area (Å²) in [5, 5.41) is 7.43. The van der Waals surface area contributed by atoms with Gasteiger partial charge in [-0.2, -0.15) is 0 Å². The Hall–Kier alpha value is -3.73. The summed E-state index contributed by atoms with van der Waals surface area (Å²) in [6.07, 6.45) is 6.55. The Balaban J connectivity index is 1.30.